The molecule has 0 fully saturated rings. The molecule has 1 aromatic carbocycles. The van der Waals surface area contributed by atoms with Gasteiger partial charge in [0, 0.05) is 18.0 Å². The maximum atomic E-state index is 5.74. The van der Waals surface area contributed by atoms with Crippen molar-refractivity contribution in [2.45, 2.75) is 32.8 Å². The molecule has 0 aliphatic carbocycles. The predicted molar refractivity (Wildman–Crippen MR) is 93.5 cm³/mol. The number of H-pyrrole nitrogens is 1. The predicted octanol–water partition coefficient (Wildman–Crippen LogP) is 3.52. The highest BCUT2D eigenvalue weighted by atomic mass is 16.5. The van der Waals surface area contributed by atoms with Crippen LogP contribution in [0.3, 0.4) is 0 Å². The molecule has 0 saturated heterocycles. The van der Waals surface area contributed by atoms with E-state index in [2.05, 4.69) is 37.6 Å². The van der Waals surface area contributed by atoms with E-state index in [0.717, 1.165) is 35.9 Å². The Labute approximate surface area is 141 Å². The number of nitrogens with zero attached hydrogens (tertiary/aromatic N) is 3. The summed E-state index contributed by atoms with van der Waals surface area (Å²) >= 11 is 0. The van der Waals surface area contributed by atoms with Gasteiger partial charge in [0.2, 0.25) is 0 Å². The Balaban J connectivity index is 1.57. The van der Waals surface area contributed by atoms with Gasteiger partial charge in [0.15, 0.2) is 5.82 Å². The Morgan fingerprint density at radius 1 is 1.12 bits per heavy atom. The molecule has 2 heterocycles. The van der Waals surface area contributed by atoms with Crippen LogP contribution in [0.1, 0.15) is 25.1 Å². The quantitative estimate of drug-likeness (QED) is 0.696. The van der Waals surface area contributed by atoms with Crippen LogP contribution in [-0.4, -0.2) is 26.3 Å². The SMILES string of the molecule is CC(C)Oc1cccc(CCc2cc(Nc3ccncn3)n[nH]2)c1. The van der Waals surface area contributed by atoms with Crippen LogP contribution >= 0.6 is 0 Å². The van der Waals surface area contributed by atoms with Gasteiger partial charge in [0.05, 0.1) is 6.10 Å². The monoisotopic (exact) mass is 323 g/mol. The summed E-state index contributed by atoms with van der Waals surface area (Å²) in [6.07, 6.45) is 5.17. The smallest absolute Gasteiger partial charge is 0.153 e. The summed E-state index contributed by atoms with van der Waals surface area (Å²) in [4.78, 5) is 8.01. The van der Waals surface area contributed by atoms with Crippen molar-refractivity contribution in [3.8, 4) is 5.75 Å². The van der Waals surface area contributed by atoms with E-state index in [1.807, 2.05) is 32.0 Å². The molecule has 2 N–H and O–H groups in total. The number of ether oxygens (including phenoxy) is 1. The zero-order chi connectivity index (χ0) is 16.8. The van der Waals surface area contributed by atoms with E-state index in [0.29, 0.717) is 0 Å². The summed E-state index contributed by atoms with van der Waals surface area (Å²) in [5, 5.41) is 10.5. The lowest BCUT2D eigenvalue weighted by Gasteiger charge is -2.10. The summed E-state index contributed by atoms with van der Waals surface area (Å²) < 4.78 is 5.74. The van der Waals surface area contributed by atoms with Crippen LogP contribution in [0.4, 0.5) is 11.6 Å². The van der Waals surface area contributed by atoms with Gasteiger partial charge in [-0.3, -0.25) is 5.10 Å². The summed E-state index contributed by atoms with van der Waals surface area (Å²) in [7, 11) is 0. The van der Waals surface area contributed by atoms with Gasteiger partial charge >= 0.3 is 0 Å². The minimum Gasteiger partial charge on any atom is -0.491 e. The second kappa shape index (κ2) is 7.59. The van der Waals surface area contributed by atoms with Gasteiger partial charge in [-0.25, -0.2) is 9.97 Å². The van der Waals surface area contributed by atoms with Crippen molar-refractivity contribution in [1.29, 1.82) is 0 Å². The zero-order valence-corrected chi connectivity index (χ0v) is 13.9. The Morgan fingerprint density at radius 2 is 2.04 bits per heavy atom. The van der Waals surface area contributed by atoms with Crippen molar-refractivity contribution in [1.82, 2.24) is 20.2 Å². The fraction of sp³-hybridized carbons (Fsp3) is 0.278. The second-order valence-electron chi connectivity index (χ2n) is 5.81. The molecule has 6 nitrogen and oxygen atoms in total. The first kappa shape index (κ1) is 16.0. The van der Waals surface area contributed by atoms with Crippen LogP contribution in [0.2, 0.25) is 0 Å². The summed E-state index contributed by atoms with van der Waals surface area (Å²) in [5.41, 5.74) is 2.31. The lowest BCUT2D eigenvalue weighted by atomic mass is 10.1. The van der Waals surface area contributed by atoms with Gasteiger partial charge in [-0.1, -0.05) is 12.1 Å². The molecule has 2 aromatic heterocycles. The summed E-state index contributed by atoms with van der Waals surface area (Å²) in [6.45, 7) is 4.06. The number of nitrogens with one attached hydrogen (secondary N) is 2. The zero-order valence-electron chi connectivity index (χ0n) is 13.9. The number of aryl methyl sites for hydroxylation is 2. The number of rotatable bonds is 7. The van der Waals surface area contributed by atoms with E-state index in [9.17, 15) is 0 Å². The van der Waals surface area contributed by atoms with Crippen molar-refractivity contribution >= 4 is 11.6 Å². The molecular formula is C18H21N5O. The Bertz CT molecular complexity index is 770. The molecule has 0 saturated carbocycles. The van der Waals surface area contributed by atoms with Crippen LogP contribution in [0.5, 0.6) is 5.75 Å². The Kier molecular flexibility index (Phi) is 5.05. The van der Waals surface area contributed by atoms with Crippen molar-refractivity contribution in [2.75, 3.05) is 5.32 Å². The number of hydrogen-bond acceptors (Lipinski definition) is 5. The first-order valence-electron chi connectivity index (χ1n) is 8.02. The van der Waals surface area contributed by atoms with Crippen molar-refractivity contribution in [3.63, 3.8) is 0 Å². The summed E-state index contributed by atoms with van der Waals surface area (Å²) in [5.74, 6) is 2.39. The topological polar surface area (TPSA) is 75.7 Å². The number of aromatic amines is 1. The molecule has 0 amide bonds. The minimum atomic E-state index is 0.184. The lowest BCUT2D eigenvalue weighted by molar-refractivity contribution is 0.242. The Hall–Kier alpha value is -2.89. The molecule has 0 radical (unpaired) electrons. The van der Waals surface area contributed by atoms with Gasteiger partial charge in [-0.2, -0.15) is 5.10 Å². The van der Waals surface area contributed by atoms with Crippen LogP contribution in [-0.2, 0) is 12.8 Å². The molecule has 0 spiro atoms. The van der Waals surface area contributed by atoms with Gasteiger partial charge in [-0.15, -0.1) is 0 Å². The third-order valence-electron chi connectivity index (χ3n) is 3.42. The lowest BCUT2D eigenvalue weighted by Crippen LogP contribution is -2.05. The molecule has 124 valence electrons. The van der Waals surface area contributed by atoms with Gasteiger partial charge < -0.3 is 10.1 Å². The van der Waals surface area contributed by atoms with Crippen LogP contribution in [0.25, 0.3) is 0 Å². The fourth-order valence-electron chi connectivity index (χ4n) is 2.38. The number of aromatic nitrogens is 4. The summed E-state index contributed by atoms with van der Waals surface area (Å²) in [6, 6.07) is 12.0. The average Bonchev–Trinajstić information content (AvgIpc) is 3.01. The van der Waals surface area contributed by atoms with E-state index < -0.39 is 0 Å². The van der Waals surface area contributed by atoms with Gasteiger partial charge in [0.25, 0.3) is 0 Å². The highest BCUT2D eigenvalue weighted by Crippen LogP contribution is 2.17. The molecule has 0 unspecified atom stereocenters. The number of hydrogen-bond donors (Lipinski definition) is 2. The van der Waals surface area contributed by atoms with Gasteiger partial charge in [0.1, 0.15) is 17.9 Å². The molecule has 3 rings (SSSR count). The number of anilines is 2. The molecule has 0 aliphatic rings. The maximum Gasteiger partial charge on any atom is 0.153 e. The molecule has 3 aromatic rings. The standard InChI is InChI=1S/C18H21N5O/c1-13(2)24-16-5-3-4-14(10-16)6-7-15-11-18(23-22-15)21-17-8-9-19-12-20-17/h3-5,8-13H,6-7H2,1-2H3,(H2,19,20,21,22,23). The molecule has 0 atom stereocenters. The highest BCUT2D eigenvalue weighted by Gasteiger charge is 2.04. The minimum absolute atomic E-state index is 0.184. The van der Waals surface area contributed by atoms with Crippen LogP contribution < -0.4 is 10.1 Å². The van der Waals surface area contributed by atoms with E-state index >= 15 is 0 Å². The van der Waals surface area contributed by atoms with Crippen molar-refractivity contribution in [2.24, 2.45) is 0 Å². The van der Waals surface area contributed by atoms with E-state index in [1.54, 1.807) is 12.3 Å². The average molecular weight is 323 g/mol. The molecular weight excluding hydrogens is 302 g/mol. The second-order valence-corrected chi connectivity index (χ2v) is 5.81. The van der Waals surface area contributed by atoms with Crippen molar-refractivity contribution in [3.05, 3.63) is 60.2 Å². The first-order chi connectivity index (χ1) is 11.7. The normalized spacial score (nSPS) is 10.8. The third-order valence-corrected chi connectivity index (χ3v) is 3.42. The van der Waals surface area contributed by atoms with E-state index in [-0.39, 0.29) is 6.10 Å². The fourth-order valence-corrected chi connectivity index (χ4v) is 2.38. The first-order valence-corrected chi connectivity index (χ1v) is 8.02. The van der Waals surface area contributed by atoms with Crippen LogP contribution in [0.15, 0.2) is 48.9 Å². The molecule has 0 bridgehead atoms. The molecule has 0 aliphatic heterocycles. The molecule has 6 heteroatoms. The maximum absolute atomic E-state index is 5.74. The van der Waals surface area contributed by atoms with E-state index in [1.165, 1.54) is 11.9 Å². The Morgan fingerprint density at radius 3 is 2.83 bits per heavy atom. The third kappa shape index (κ3) is 4.55. The van der Waals surface area contributed by atoms with E-state index in [4.69, 9.17) is 4.74 Å². The molecule has 24 heavy (non-hydrogen) atoms. The number of benzene rings is 1. The van der Waals surface area contributed by atoms with Crippen molar-refractivity contribution < 1.29 is 4.74 Å². The van der Waals surface area contributed by atoms with Gasteiger partial charge in [-0.05, 0) is 50.5 Å². The van der Waals surface area contributed by atoms with Crippen LogP contribution in [0, 0.1) is 0 Å². The highest BCUT2D eigenvalue weighted by molar-refractivity contribution is 5.50. The largest absolute Gasteiger partial charge is 0.491 e.